The van der Waals surface area contributed by atoms with Gasteiger partial charge in [-0.1, -0.05) is 6.92 Å². The predicted octanol–water partition coefficient (Wildman–Crippen LogP) is 0.122. The van der Waals surface area contributed by atoms with Crippen LogP contribution < -0.4 is 10.6 Å². The van der Waals surface area contributed by atoms with Crippen LogP contribution in [0, 0.1) is 5.41 Å². The molecule has 2 N–H and O–H groups in total. The second-order valence-electron chi connectivity index (χ2n) is 3.62. The Morgan fingerprint density at radius 2 is 2.45 bits per heavy atom. The summed E-state index contributed by atoms with van der Waals surface area (Å²) in [5.74, 6) is 0.198. The lowest BCUT2D eigenvalue weighted by molar-refractivity contribution is -0.119. The number of carbonyl (C=O) groups excluding carboxylic acids is 1. The van der Waals surface area contributed by atoms with E-state index in [1.54, 1.807) is 0 Å². The van der Waals surface area contributed by atoms with E-state index in [1.807, 2.05) is 7.05 Å². The summed E-state index contributed by atoms with van der Waals surface area (Å²) in [6, 6.07) is 0. The number of hydrogen-bond donors (Lipinski definition) is 2. The fourth-order valence-corrected chi connectivity index (χ4v) is 1.43. The van der Waals surface area contributed by atoms with Gasteiger partial charge in [0, 0.05) is 13.0 Å². The lowest BCUT2D eigenvalue weighted by Gasteiger charge is -2.20. The summed E-state index contributed by atoms with van der Waals surface area (Å²) >= 11 is 0. The van der Waals surface area contributed by atoms with Crippen molar-refractivity contribution in [1.82, 2.24) is 10.6 Å². The van der Waals surface area contributed by atoms with Crippen molar-refractivity contribution in [3.63, 3.8) is 0 Å². The Morgan fingerprint density at radius 1 is 1.73 bits per heavy atom. The summed E-state index contributed by atoms with van der Waals surface area (Å²) in [5, 5.41) is 5.95. The Hall–Kier alpha value is -0.570. The zero-order valence-electron chi connectivity index (χ0n) is 7.24. The van der Waals surface area contributed by atoms with Gasteiger partial charge in [0.2, 0.25) is 5.91 Å². The number of carbonyl (C=O) groups is 1. The Balaban J connectivity index is 2.35. The van der Waals surface area contributed by atoms with E-state index in [0.29, 0.717) is 6.42 Å². The van der Waals surface area contributed by atoms with Crippen LogP contribution in [0.2, 0.25) is 0 Å². The maximum absolute atomic E-state index is 10.9. The topological polar surface area (TPSA) is 41.1 Å². The number of amides is 1. The SMILES string of the molecule is CNCCC1(C)CNC(=O)C1. The first kappa shape index (κ1) is 8.53. The van der Waals surface area contributed by atoms with E-state index in [0.717, 1.165) is 19.5 Å². The van der Waals surface area contributed by atoms with Gasteiger partial charge in [0.05, 0.1) is 0 Å². The molecular weight excluding hydrogens is 140 g/mol. The van der Waals surface area contributed by atoms with Crippen LogP contribution in [-0.2, 0) is 4.79 Å². The fourth-order valence-electron chi connectivity index (χ4n) is 1.43. The summed E-state index contributed by atoms with van der Waals surface area (Å²) in [5.41, 5.74) is 0.195. The van der Waals surface area contributed by atoms with Crippen LogP contribution in [-0.4, -0.2) is 26.0 Å². The zero-order chi connectivity index (χ0) is 8.32. The summed E-state index contributed by atoms with van der Waals surface area (Å²) in [6.07, 6.45) is 1.76. The first-order valence-electron chi connectivity index (χ1n) is 4.08. The average molecular weight is 156 g/mol. The van der Waals surface area contributed by atoms with Crippen LogP contribution in [0.1, 0.15) is 19.8 Å². The summed E-state index contributed by atoms with van der Waals surface area (Å²) in [7, 11) is 1.94. The van der Waals surface area contributed by atoms with Gasteiger partial charge in [0.25, 0.3) is 0 Å². The molecule has 1 unspecified atom stereocenters. The van der Waals surface area contributed by atoms with Gasteiger partial charge in [-0.05, 0) is 25.4 Å². The molecule has 0 aromatic rings. The number of nitrogens with one attached hydrogen (secondary N) is 2. The Bertz CT molecular complexity index is 158. The van der Waals surface area contributed by atoms with E-state index in [4.69, 9.17) is 0 Å². The molecule has 1 saturated heterocycles. The van der Waals surface area contributed by atoms with Crippen molar-refractivity contribution in [2.45, 2.75) is 19.8 Å². The highest BCUT2D eigenvalue weighted by molar-refractivity contribution is 5.79. The van der Waals surface area contributed by atoms with Gasteiger partial charge < -0.3 is 10.6 Å². The van der Waals surface area contributed by atoms with Gasteiger partial charge in [-0.2, -0.15) is 0 Å². The molecular formula is C8H16N2O. The minimum atomic E-state index is 0.195. The molecule has 0 bridgehead atoms. The lowest BCUT2D eigenvalue weighted by atomic mass is 9.86. The molecule has 0 aliphatic carbocycles. The normalized spacial score (nSPS) is 30.5. The third-order valence-electron chi connectivity index (χ3n) is 2.28. The van der Waals surface area contributed by atoms with Gasteiger partial charge in [0.15, 0.2) is 0 Å². The molecule has 3 heteroatoms. The molecule has 3 nitrogen and oxygen atoms in total. The molecule has 11 heavy (non-hydrogen) atoms. The molecule has 1 aliphatic heterocycles. The van der Waals surface area contributed by atoms with Crippen molar-refractivity contribution in [3.8, 4) is 0 Å². The Morgan fingerprint density at radius 3 is 2.91 bits per heavy atom. The predicted molar refractivity (Wildman–Crippen MR) is 44.3 cm³/mol. The third kappa shape index (κ3) is 2.19. The standard InChI is InChI=1S/C8H16N2O/c1-8(3-4-9-2)5-7(11)10-6-8/h9H,3-6H2,1-2H3,(H,10,11). The molecule has 0 radical (unpaired) electrons. The summed E-state index contributed by atoms with van der Waals surface area (Å²) < 4.78 is 0. The smallest absolute Gasteiger partial charge is 0.220 e. The number of rotatable bonds is 3. The van der Waals surface area contributed by atoms with Crippen LogP contribution in [0.4, 0.5) is 0 Å². The second-order valence-corrected chi connectivity index (χ2v) is 3.62. The van der Waals surface area contributed by atoms with Crippen molar-refractivity contribution in [1.29, 1.82) is 0 Å². The minimum Gasteiger partial charge on any atom is -0.356 e. The molecule has 0 aromatic carbocycles. The average Bonchev–Trinajstić information content (AvgIpc) is 2.28. The molecule has 0 saturated carbocycles. The molecule has 1 atom stereocenters. The summed E-state index contributed by atoms with van der Waals surface area (Å²) in [4.78, 5) is 10.9. The highest BCUT2D eigenvalue weighted by Gasteiger charge is 2.32. The molecule has 1 fully saturated rings. The van der Waals surface area contributed by atoms with Gasteiger partial charge in [0.1, 0.15) is 0 Å². The van der Waals surface area contributed by atoms with Crippen molar-refractivity contribution in [2.24, 2.45) is 5.41 Å². The van der Waals surface area contributed by atoms with E-state index < -0.39 is 0 Å². The largest absolute Gasteiger partial charge is 0.356 e. The van der Waals surface area contributed by atoms with Gasteiger partial charge in [-0.25, -0.2) is 0 Å². The van der Waals surface area contributed by atoms with Gasteiger partial charge >= 0.3 is 0 Å². The van der Waals surface area contributed by atoms with Crippen molar-refractivity contribution < 1.29 is 4.79 Å². The van der Waals surface area contributed by atoms with Gasteiger partial charge in [-0.15, -0.1) is 0 Å². The van der Waals surface area contributed by atoms with Crippen LogP contribution in [0.5, 0.6) is 0 Å². The molecule has 1 aliphatic rings. The number of hydrogen-bond acceptors (Lipinski definition) is 2. The summed E-state index contributed by atoms with van der Waals surface area (Å²) in [6.45, 7) is 3.99. The van der Waals surface area contributed by atoms with Crippen molar-refractivity contribution in [3.05, 3.63) is 0 Å². The third-order valence-corrected chi connectivity index (χ3v) is 2.28. The quantitative estimate of drug-likeness (QED) is 0.609. The maximum atomic E-state index is 10.9. The molecule has 0 aromatic heterocycles. The van der Waals surface area contributed by atoms with E-state index >= 15 is 0 Å². The van der Waals surface area contributed by atoms with Crippen molar-refractivity contribution in [2.75, 3.05) is 20.1 Å². The van der Waals surface area contributed by atoms with Crippen LogP contribution in [0.3, 0.4) is 0 Å². The second kappa shape index (κ2) is 3.22. The maximum Gasteiger partial charge on any atom is 0.220 e. The first-order chi connectivity index (χ1) is 5.16. The van der Waals surface area contributed by atoms with Crippen LogP contribution >= 0.6 is 0 Å². The molecule has 64 valence electrons. The molecule has 1 rings (SSSR count). The first-order valence-corrected chi connectivity index (χ1v) is 4.08. The highest BCUT2D eigenvalue weighted by atomic mass is 16.1. The molecule has 0 spiro atoms. The van der Waals surface area contributed by atoms with Crippen LogP contribution in [0.25, 0.3) is 0 Å². The Labute approximate surface area is 67.5 Å². The highest BCUT2D eigenvalue weighted by Crippen LogP contribution is 2.28. The monoisotopic (exact) mass is 156 g/mol. The Kier molecular flexibility index (Phi) is 2.49. The van der Waals surface area contributed by atoms with E-state index in [1.165, 1.54) is 0 Å². The van der Waals surface area contributed by atoms with Crippen LogP contribution in [0.15, 0.2) is 0 Å². The van der Waals surface area contributed by atoms with Gasteiger partial charge in [-0.3, -0.25) is 4.79 Å². The zero-order valence-corrected chi connectivity index (χ0v) is 7.24. The lowest BCUT2D eigenvalue weighted by Crippen LogP contribution is -2.24. The fraction of sp³-hybridized carbons (Fsp3) is 0.875. The molecule has 1 amide bonds. The van der Waals surface area contributed by atoms with E-state index in [9.17, 15) is 4.79 Å². The van der Waals surface area contributed by atoms with E-state index in [2.05, 4.69) is 17.6 Å². The van der Waals surface area contributed by atoms with E-state index in [-0.39, 0.29) is 11.3 Å². The minimum absolute atomic E-state index is 0.195. The molecule has 1 heterocycles. The van der Waals surface area contributed by atoms with Crippen molar-refractivity contribution >= 4 is 5.91 Å².